The Morgan fingerprint density at radius 1 is 1.27 bits per heavy atom. The molecule has 0 bridgehead atoms. The second-order valence-electron chi connectivity index (χ2n) is 7.26. The predicted molar refractivity (Wildman–Crippen MR) is 93.1 cm³/mol. The van der Waals surface area contributed by atoms with Crippen molar-refractivity contribution in [3.63, 3.8) is 0 Å². The molecule has 2 amide bonds. The van der Waals surface area contributed by atoms with Crippen LogP contribution in [0.25, 0.3) is 0 Å². The van der Waals surface area contributed by atoms with Crippen LogP contribution in [-0.2, 0) is 11.3 Å². The summed E-state index contributed by atoms with van der Waals surface area (Å²) in [4.78, 5) is 33.7. The lowest BCUT2D eigenvalue weighted by atomic mass is 9.78. The van der Waals surface area contributed by atoms with E-state index in [1.807, 2.05) is 17.0 Å². The quantitative estimate of drug-likeness (QED) is 0.843. The number of hydrogen-bond acceptors (Lipinski definition) is 5. The predicted octanol–water partition coefficient (Wildman–Crippen LogP) is 2.03. The molecule has 0 aliphatic carbocycles. The zero-order valence-electron chi connectivity index (χ0n) is 14.9. The molecule has 0 radical (unpaired) electrons. The fourth-order valence-electron chi connectivity index (χ4n) is 4.10. The minimum absolute atomic E-state index is 0.0943. The molecule has 0 N–H and O–H groups in total. The topological polar surface area (TPSA) is 79.5 Å². The van der Waals surface area contributed by atoms with Gasteiger partial charge in [-0.05, 0) is 43.9 Å². The highest BCUT2D eigenvalue weighted by atomic mass is 16.5. The summed E-state index contributed by atoms with van der Waals surface area (Å²) in [6.45, 7) is 4.23. The molecule has 0 saturated carbocycles. The Morgan fingerprint density at radius 3 is 2.81 bits per heavy atom. The van der Waals surface area contributed by atoms with Gasteiger partial charge in [-0.25, -0.2) is 0 Å². The standard InChI is InChI=1S/C19H22N4O3/c1-14-16(12-26-21-14)17(24)23-9-2-5-19(13-23)6-10-22(18(19)25)11-15-3-7-20-8-4-15/h3-4,7-8,12H,2,5-6,9-11,13H2,1H3. The van der Waals surface area contributed by atoms with Gasteiger partial charge in [-0.1, -0.05) is 5.16 Å². The first-order chi connectivity index (χ1) is 12.6. The van der Waals surface area contributed by atoms with Crippen molar-refractivity contribution in [3.05, 3.63) is 47.6 Å². The zero-order chi connectivity index (χ0) is 18.1. The number of carbonyl (C=O) groups is 2. The maximum atomic E-state index is 13.1. The van der Waals surface area contributed by atoms with Gasteiger partial charge in [0.2, 0.25) is 5.91 Å². The maximum Gasteiger partial charge on any atom is 0.259 e. The molecule has 2 aromatic rings. The minimum atomic E-state index is -0.452. The van der Waals surface area contributed by atoms with Crippen LogP contribution in [-0.4, -0.2) is 51.4 Å². The molecule has 2 aromatic heterocycles. The average Bonchev–Trinajstić information content (AvgIpc) is 3.21. The van der Waals surface area contributed by atoms with E-state index in [-0.39, 0.29) is 11.8 Å². The fourth-order valence-corrected chi connectivity index (χ4v) is 4.10. The van der Waals surface area contributed by atoms with Crippen molar-refractivity contribution >= 4 is 11.8 Å². The van der Waals surface area contributed by atoms with Crippen molar-refractivity contribution in [1.82, 2.24) is 19.9 Å². The van der Waals surface area contributed by atoms with Gasteiger partial charge >= 0.3 is 0 Å². The molecule has 2 aliphatic heterocycles. The largest absolute Gasteiger partial charge is 0.364 e. The molecule has 1 spiro atoms. The lowest BCUT2D eigenvalue weighted by molar-refractivity contribution is -0.138. The summed E-state index contributed by atoms with van der Waals surface area (Å²) in [6, 6.07) is 3.87. The van der Waals surface area contributed by atoms with Gasteiger partial charge in [0.1, 0.15) is 11.8 Å². The van der Waals surface area contributed by atoms with Gasteiger partial charge in [0.15, 0.2) is 0 Å². The lowest BCUT2D eigenvalue weighted by Crippen LogP contribution is -2.49. The van der Waals surface area contributed by atoms with Crippen LogP contribution >= 0.6 is 0 Å². The molecule has 4 heterocycles. The van der Waals surface area contributed by atoms with E-state index in [9.17, 15) is 9.59 Å². The highest BCUT2D eigenvalue weighted by Gasteiger charge is 2.49. The number of aromatic nitrogens is 2. The maximum absolute atomic E-state index is 13.1. The molecular formula is C19H22N4O3. The van der Waals surface area contributed by atoms with E-state index in [4.69, 9.17) is 4.52 Å². The molecule has 26 heavy (non-hydrogen) atoms. The summed E-state index contributed by atoms with van der Waals surface area (Å²) in [5.41, 5.74) is 1.70. The summed E-state index contributed by atoms with van der Waals surface area (Å²) in [7, 11) is 0. The van der Waals surface area contributed by atoms with Gasteiger partial charge in [-0.15, -0.1) is 0 Å². The smallest absolute Gasteiger partial charge is 0.259 e. The molecule has 2 fully saturated rings. The van der Waals surface area contributed by atoms with Crippen molar-refractivity contribution in [1.29, 1.82) is 0 Å². The third-order valence-electron chi connectivity index (χ3n) is 5.57. The molecule has 1 atom stereocenters. The number of carbonyl (C=O) groups excluding carboxylic acids is 2. The van der Waals surface area contributed by atoms with Crippen LogP contribution in [0.2, 0.25) is 0 Å². The molecule has 136 valence electrons. The molecule has 0 aromatic carbocycles. The van der Waals surface area contributed by atoms with E-state index < -0.39 is 5.41 Å². The van der Waals surface area contributed by atoms with E-state index in [0.29, 0.717) is 30.9 Å². The van der Waals surface area contributed by atoms with Gasteiger partial charge in [-0.3, -0.25) is 14.6 Å². The molecule has 7 heteroatoms. The Hall–Kier alpha value is -2.70. The van der Waals surface area contributed by atoms with Crippen molar-refractivity contribution in [2.45, 2.75) is 32.7 Å². The lowest BCUT2D eigenvalue weighted by Gasteiger charge is -2.39. The van der Waals surface area contributed by atoms with Gasteiger partial charge in [0.25, 0.3) is 5.91 Å². The molecule has 4 rings (SSSR count). The summed E-state index contributed by atoms with van der Waals surface area (Å²) in [5, 5.41) is 3.79. The van der Waals surface area contributed by atoms with Crippen LogP contribution in [0.15, 0.2) is 35.3 Å². The van der Waals surface area contributed by atoms with E-state index >= 15 is 0 Å². The number of amides is 2. The molecular weight excluding hydrogens is 332 g/mol. The van der Waals surface area contributed by atoms with Crippen molar-refractivity contribution in [3.8, 4) is 0 Å². The fraction of sp³-hybridized carbons (Fsp3) is 0.474. The van der Waals surface area contributed by atoms with Crippen LogP contribution in [0.4, 0.5) is 0 Å². The Morgan fingerprint density at radius 2 is 2.08 bits per heavy atom. The summed E-state index contributed by atoms with van der Waals surface area (Å²) in [5.74, 6) is 0.0667. The van der Waals surface area contributed by atoms with E-state index in [0.717, 1.165) is 31.4 Å². The Balaban J connectivity index is 1.49. The number of pyridine rings is 1. The van der Waals surface area contributed by atoms with Crippen LogP contribution in [0.3, 0.4) is 0 Å². The normalized spacial score (nSPS) is 23.0. The highest BCUT2D eigenvalue weighted by molar-refractivity contribution is 5.95. The number of aryl methyl sites for hydroxylation is 1. The van der Waals surface area contributed by atoms with Crippen molar-refractivity contribution in [2.24, 2.45) is 5.41 Å². The van der Waals surface area contributed by atoms with Gasteiger partial charge in [0.05, 0.1) is 11.1 Å². The Kier molecular flexibility index (Phi) is 4.22. The Bertz CT molecular complexity index is 819. The first-order valence-electron chi connectivity index (χ1n) is 8.98. The van der Waals surface area contributed by atoms with Gasteiger partial charge in [0, 0.05) is 38.6 Å². The number of hydrogen-bond donors (Lipinski definition) is 0. The minimum Gasteiger partial charge on any atom is -0.364 e. The summed E-state index contributed by atoms with van der Waals surface area (Å²) < 4.78 is 4.90. The van der Waals surface area contributed by atoms with E-state index in [1.54, 1.807) is 24.2 Å². The summed E-state index contributed by atoms with van der Waals surface area (Å²) >= 11 is 0. The number of rotatable bonds is 3. The number of nitrogens with zero attached hydrogens (tertiary/aromatic N) is 4. The second-order valence-corrected chi connectivity index (χ2v) is 7.26. The number of likely N-dealkylation sites (tertiary alicyclic amines) is 2. The summed E-state index contributed by atoms with van der Waals surface area (Å²) in [6.07, 6.45) is 7.35. The monoisotopic (exact) mass is 354 g/mol. The molecule has 2 saturated heterocycles. The van der Waals surface area contributed by atoms with E-state index in [1.165, 1.54) is 6.26 Å². The number of piperidine rings is 1. The first-order valence-corrected chi connectivity index (χ1v) is 8.98. The third kappa shape index (κ3) is 2.87. The molecule has 1 unspecified atom stereocenters. The van der Waals surface area contributed by atoms with Gasteiger partial charge < -0.3 is 14.3 Å². The van der Waals surface area contributed by atoms with Crippen LogP contribution in [0, 0.1) is 12.3 Å². The van der Waals surface area contributed by atoms with Crippen molar-refractivity contribution in [2.75, 3.05) is 19.6 Å². The zero-order valence-corrected chi connectivity index (χ0v) is 14.9. The van der Waals surface area contributed by atoms with Gasteiger partial charge in [-0.2, -0.15) is 0 Å². The van der Waals surface area contributed by atoms with Crippen LogP contribution in [0.5, 0.6) is 0 Å². The Labute approximate surface area is 152 Å². The average molecular weight is 354 g/mol. The first kappa shape index (κ1) is 16.8. The van der Waals surface area contributed by atoms with E-state index in [2.05, 4.69) is 10.1 Å². The molecule has 7 nitrogen and oxygen atoms in total. The van der Waals surface area contributed by atoms with Crippen LogP contribution < -0.4 is 0 Å². The van der Waals surface area contributed by atoms with Crippen LogP contribution in [0.1, 0.15) is 40.9 Å². The third-order valence-corrected chi connectivity index (χ3v) is 5.57. The highest BCUT2D eigenvalue weighted by Crippen LogP contribution is 2.41. The molecule has 2 aliphatic rings. The second kappa shape index (κ2) is 6.55. The van der Waals surface area contributed by atoms with Crippen molar-refractivity contribution < 1.29 is 14.1 Å². The SMILES string of the molecule is Cc1nocc1C(=O)N1CCCC2(CCN(Cc3ccncc3)C2=O)C1.